The maximum Gasteiger partial charge on any atom is 0.257 e. The van der Waals surface area contributed by atoms with E-state index in [0.29, 0.717) is 16.4 Å². The van der Waals surface area contributed by atoms with Crippen molar-refractivity contribution in [3.05, 3.63) is 64.1 Å². The van der Waals surface area contributed by atoms with E-state index in [2.05, 4.69) is 26.6 Å². The van der Waals surface area contributed by atoms with Crippen LogP contribution in [-0.2, 0) is 0 Å². The van der Waals surface area contributed by atoms with Crippen LogP contribution in [0.5, 0.6) is 5.75 Å². The largest absolute Gasteiger partial charge is 0.490 e. The molecule has 0 saturated heterocycles. The predicted octanol–water partition coefficient (Wildman–Crippen LogP) is 4.60. The maximum atomic E-state index is 12.4. The number of rotatable bonds is 5. The third-order valence-electron chi connectivity index (χ3n) is 3.43. The summed E-state index contributed by atoms with van der Waals surface area (Å²) in [5.74, 6) is 0.430. The van der Waals surface area contributed by atoms with Crippen LogP contribution in [0.4, 0.5) is 0 Å². The Labute approximate surface area is 162 Å². The van der Waals surface area contributed by atoms with E-state index in [1.54, 1.807) is 18.2 Å². The van der Waals surface area contributed by atoms with Crippen LogP contribution in [0.25, 0.3) is 0 Å². The number of nitrogens with one attached hydrogen (secondary N) is 2. The van der Waals surface area contributed by atoms with Crippen molar-refractivity contribution in [3.8, 4) is 5.75 Å². The summed E-state index contributed by atoms with van der Waals surface area (Å²) in [5, 5.41) is 6.11. The molecule has 4 nitrogen and oxygen atoms in total. The van der Waals surface area contributed by atoms with Crippen LogP contribution in [0.1, 0.15) is 42.7 Å². The van der Waals surface area contributed by atoms with Gasteiger partial charge in [0.1, 0.15) is 5.75 Å². The van der Waals surface area contributed by atoms with Crippen LogP contribution in [0.15, 0.2) is 53.0 Å². The van der Waals surface area contributed by atoms with Gasteiger partial charge < -0.3 is 10.1 Å². The molecule has 0 aliphatic carbocycles. The number of carbonyl (C=O) groups is 1. The first-order valence-corrected chi connectivity index (χ1v) is 9.20. The van der Waals surface area contributed by atoms with Gasteiger partial charge in [-0.15, -0.1) is 0 Å². The topological polar surface area (TPSA) is 50.4 Å². The molecule has 0 heterocycles. The summed E-state index contributed by atoms with van der Waals surface area (Å²) in [6, 6.07) is 15.1. The number of hydrogen-bond acceptors (Lipinski definition) is 3. The van der Waals surface area contributed by atoms with Crippen LogP contribution in [-0.4, -0.2) is 17.1 Å². The van der Waals surface area contributed by atoms with Gasteiger partial charge in [-0.1, -0.05) is 30.3 Å². The van der Waals surface area contributed by atoms with Crippen molar-refractivity contribution in [3.63, 3.8) is 0 Å². The second kappa shape index (κ2) is 8.97. The van der Waals surface area contributed by atoms with Crippen molar-refractivity contribution in [2.45, 2.75) is 32.9 Å². The lowest BCUT2D eigenvalue weighted by molar-refractivity contribution is 0.0976. The van der Waals surface area contributed by atoms with Crippen molar-refractivity contribution >= 4 is 39.2 Å². The Balaban J connectivity index is 1.97. The van der Waals surface area contributed by atoms with Gasteiger partial charge in [0.05, 0.1) is 16.6 Å². The SMILES string of the molecule is CC(C)Oc1ccc(C(=O)NC(=S)NC(C)c2ccccc2)cc1Br. The highest BCUT2D eigenvalue weighted by Gasteiger charge is 2.13. The molecule has 0 fully saturated rings. The van der Waals surface area contributed by atoms with Gasteiger partial charge in [-0.3, -0.25) is 10.1 Å². The average Bonchev–Trinajstić information content (AvgIpc) is 2.56. The standard InChI is InChI=1S/C19H21BrN2O2S/c1-12(2)24-17-10-9-15(11-16(17)20)18(23)22-19(25)21-13(3)14-7-5-4-6-8-14/h4-13H,1-3H3,(H2,21,22,23,25). The van der Waals surface area contributed by atoms with Gasteiger partial charge in [0, 0.05) is 5.56 Å². The quantitative estimate of drug-likeness (QED) is 0.693. The minimum atomic E-state index is -0.269. The number of halogens is 1. The van der Waals surface area contributed by atoms with Crippen LogP contribution in [0, 0.1) is 0 Å². The molecule has 0 aromatic heterocycles. The van der Waals surface area contributed by atoms with E-state index in [9.17, 15) is 4.79 Å². The molecule has 6 heteroatoms. The summed E-state index contributed by atoms with van der Waals surface area (Å²) >= 11 is 8.67. The minimum absolute atomic E-state index is 0.00236. The van der Waals surface area contributed by atoms with Crippen molar-refractivity contribution in [2.24, 2.45) is 0 Å². The molecule has 0 bridgehead atoms. The van der Waals surface area contributed by atoms with Gasteiger partial charge in [-0.25, -0.2) is 0 Å². The van der Waals surface area contributed by atoms with E-state index in [0.717, 1.165) is 10.0 Å². The molecular weight excluding hydrogens is 400 g/mol. The lowest BCUT2D eigenvalue weighted by Crippen LogP contribution is -2.40. The van der Waals surface area contributed by atoms with E-state index in [-0.39, 0.29) is 18.1 Å². The third-order valence-corrected chi connectivity index (χ3v) is 4.27. The van der Waals surface area contributed by atoms with E-state index >= 15 is 0 Å². The molecule has 0 aliphatic heterocycles. The Hall–Kier alpha value is -1.92. The third kappa shape index (κ3) is 5.83. The Kier molecular flexibility index (Phi) is 6.96. The lowest BCUT2D eigenvalue weighted by Gasteiger charge is -2.17. The summed E-state index contributed by atoms with van der Waals surface area (Å²) in [4.78, 5) is 12.4. The van der Waals surface area contributed by atoms with Gasteiger partial charge in [0.25, 0.3) is 5.91 Å². The molecule has 2 aromatic rings. The van der Waals surface area contributed by atoms with E-state index < -0.39 is 0 Å². The maximum absolute atomic E-state index is 12.4. The van der Waals surface area contributed by atoms with Crippen LogP contribution < -0.4 is 15.4 Å². The number of hydrogen-bond donors (Lipinski definition) is 2. The van der Waals surface area contributed by atoms with Crippen molar-refractivity contribution < 1.29 is 9.53 Å². The highest BCUT2D eigenvalue weighted by molar-refractivity contribution is 9.10. The second-order valence-corrected chi connectivity index (χ2v) is 7.13. The molecule has 1 amide bonds. The van der Waals surface area contributed by atoms with Crippen LogP contribution >= 0.6 is 28.1 Å². The number of thiocarbonyl (C=S) groups is 1. The molecule has 0 radical (unpaired) electrons. The summed E-state index contributed by atoms with van der Waals surface area (Å²) in [6.07, 6.45) is 0.0622. The van der Waals surface area contributed by atoms with E-state index in [1.165, 1.54) is 0 Å². The Morgan fingerprint density at radius 1 is 1.12 bits per heavy atom. The normalized spacial score (nSPS) is 11.7. The second-order valence-electron chi connectivity index (χ2n) is 5.87. The van der Waals surface area contributed by atoms with Gasteiger partial charge in [0.2, 0.25) is 0 Å². The Morgan fingerprint density at radius 3 is 2.40 bits per heavy atom. The van der Waals surface area contributed by atoms with Gasteiger partial charge in [0.15, 0.2) is 5.11 Å². The molecule has 2 aromatic carbocycles. The fourth-order valence-corrected chi connectivity index (χ4v) is 2.97. The molecule has 0 aliphatic rings. The highest BCUT2D eigenvalue weighted by Crippen LogP contribution is 2.27. The van der Waals surface area contributed by atoms with Crippen LogP contribution in [0.2, 0.25) is 0 Å². The number of ether oxygens (including phenoxy) is 1. The average molecular weight is 421 g/mol. The Bertz CT molecular complexity index is 750. The smallest absolute Gasteiger partial charge is 0.257 e. The number of carbonyl (C=O) groups excluding carboxylic acids is 1. The zero-order valence-electron chi connectivity index (χ0n) is 14.4. The monoisotopic (exact) mass is 420 g/mol. The van der Waals surface area contributed by atoms with E-state index in [1.807, 2.05) is 51.1 Å². The first-order chi connectivity index (χ1) is 11.9. The first-order valence-electron chi connectivity index (χ1n) is 8.00. The van der Waals surface area contributed by atoms with Gasteiger partial charge in [-0.2, -0.15) is 0 Å². The molecular formula is C19H21BrN2O2S. The number of amides is 1. The molecule has 132 valence electrons. The van der Waals surface area contributed by atoms with Crippen molar-refractivity contribution in [1.29, 1.82) is 0 Å². The van der Waals surface area contributed by atoms with Crippen LogP contribution in [0.3, 0.4) is 0 Å². The fourth-order valence-electron chi connectivity index (χ4n) is 2.22. The molecule has 1 unspecified atom stereocenters. The fraction of sp³-hybridized carbons (Fsp3) is 0.263. The Morgan fingerprint density at radius 2 is 1.80 bits per heavy atom. The summed E-state index contributed by atoms with van der Waals surface area (Å²) in [5.41, 5.74) is 1.59. The minimum Gasteiger partial charge on any atom is -0.490 e. The summed E-state index contributed by atoms with van der Waals surface area (Å²) in [6.45, 7) is 5.89. The van der Waals surface area contributed by atoms with Gasteiger partial charge in [-0.05, 0) is 72.7 Å². The number of benzene rings is 2. The first kappa shape index (κ1) is 19.4. The summed E-state index contributed by atoms with van der Waals surface area (Å²) < 4.78 is 6.37. The van der Waals surface area contributed by atoms with Gasteiger partial charge >= 0.3 is 0 Å². The highest BCUT2D eigenvalue weighted by atomic mass is 79.9. The molecule has 2 rings (SSSR count). The molecule has 2 N–H and O–H groups in total. The zero-order valence-corrected chi connectivity index (χ0v) is 16.8. The lowest BCUT2D eigenvalue weighted by atomic mass is 10.1. The molecule has 0 saturated carbocycles. The zero-order chi connectivity index (χ0) is 18.4. The van der Waals surface area contributed by atoms with Crippen molar-refractivity contribution in [1.82, 2.24) is 10.6 Å². The molecule has 0 spiro atoms. The summed E-state index contributed by atoms with van der Waals surface area (Å²) in [7, 11) is 0. The van der Waals surface area contributed by atoms with Crippen molar-refractivity contribution in [2.75, 3.05) is 0 Å². The molecule has 25 heavy (non-hydrogen) atoms. The predicted molar refractivity (Wildman–Crippen MR) is 108 cm³/mol. The van der Waals surface area contributed by atoms with E-state index in [4.69, 9.17) is 17.0 Å². The molecule has 1 atom stereocenters.